The molecule has 5 rings (SSSR count). The average Bonchev–Trinajstić information content (AvgIpc) is 3.58. The molecule has 2 aromatic heterocycles. The van der Waals surface area contributed by atoms with Crippen molar-refractivity contribution < 1.29 is 14.8 Å². The first-order valence-corrected chi connectivity index (χ1v) is 13.8. The summed E-state index contributed by atoms with van der Waals surface area (Å²) in [5.41, 5.74) is 8.52. The van der Waals surface area contributed by atoms with Crippen LogP contribution in [-0.2, 0) is 22.5 Å². The van der Waals surface area contributed by atoms with Crippen LogP contribution < -0.4 is 11.0 Å². The number of hydrogen-bond acceptors (Lipinski definition) is 9. The molecule has 0 aliphatic carbocycles. The van der Waals surface area contributed by atoms with Gasteiger partial charge in [-0.05, 0) is 50.8 Å². The van der Waals surface area contributed by atoms with Crippen molar-refractivity contribution in [3.63, 3.8) is 0 Å². The van der Waals surface area contributed by atoms with Crippen LogP contribution >= 0.6 is 0 Å². The van der Waals surface area contributed by atoms with Crippen molar-refractivity contribution in [1.29, 1.82) is 0 Å². The van der Waals surface area contributed by atoms with Gasteiger partial charge in [-0.1, -0.05) is 67.0 Å². The molecule has 0 radical (unpaired) electrons. The maximum Gasteiger partial charge on any atom is 0.280 e. The van der Waals surface area contributed by atoms with Crippen molar-refractivity contribution >= 4 is 17.3 Å². The lowest BCUT2D eigenvalue weighted by molar-refractivity contribution is -0.102. The summed E-state index contributed by atoms with van der Waals surface area (Å²) in [6, 6.07) is 15.5. The van der Waals surface area contributed by atoms with E-state index in [1.54, 1.807) is 4.57 Å². The van der Waals surface area contributed by atoms with Gasteiger partial charge >= 0.3 is 0 Å². The second kappa shape index (κ2) is 12.0. The van der Waals surface area contributed by atoms with Gasteiger partial charge in [0.05, 0.1) is 17.4 Å². The highest BCUT2D eigenvalue weighted by atomic mass is 16.7. The fourth-order valence-corrected chi connectivity index (χ4v) is 5.02. The second-order valence-electron chi connectivity index (χ2n) is 9.99. The molecule has 0 bridgehead atoms. The molecule has 214 valence electrons. The minimum atomic E-state index is -1.23. The smallest absolute Gasteiger partial charge is 0.280 e. The Labute approximate surface area is 238 Å². The molecule has 1 aliphatic heterocycles. The lowest BCUT2D eigenvalue weighted by atomic mass is 9.96. The number of oxime groups is 1. The van der Waals surface area contributed by atoms with E-state index < -0.39 is 6.41 Å². The van der Waals surface area contributed by atoms with E-state index in [0.717, 1.165) is 34.4 Å². The quantitative estimate of drug-likeness (QED) is 0.223. The molecule has 0 amide bonds. The molecule has 41 heavy (non-hydrogen) atoms. The maximum absolute atomic E-state index is 14.2. The lowest BCUT2D eigenvalue weighted by Crippen LogP contribution is -2.34. The van der Waals surface area contributed by atoms with Crippen LogP contribution in [0.4, 0.5) is 0 Å². The lowest BCUT2D eigenvalue weighted by Gasteiger charge is -2.20. The van der Waals surface area contributed by atoms with Crippen molar-refractivity contribution in [2.45, 2.75) is 66.3 Å². The molecule has 2 unspecified atom stereocenters. The maximum atomic E-state index is 14.2. The van der Waals surface area contributed by atoms with E-state index in [0.29, 0.717) is 48.2 Å². The number of nitrogens with one attached hydrogen (secondary N) is 1. The number of rotatable bonds is 10. The molecule has 0 spiro atoms. The van der Waals surface area contributed by atoms with Crippen LogP contribution in [0, 0.1) is 6.92 Å². The Hall–Kier alpha value is -4.35. The highest BCUT2D eigenvalue weighted by Gasteiger charge is 2.24. The van der Waals surface area contributed by atoms with Gasteiger partial charge in [-0.3, -0.25) is 9.36 Å². The molecule has 2 atom stereocenters. The fraction of sp³-hybridized carbons (Fsp3) is 0.367. The SMILES string of the molecule is CCCc1c(Cc2ccc(-c3ccccc3C3=NC(O)ON3)cc2)c(=O)n(C(C)/C(C)=N/OCC)c2nc(C)nn12. The third-order valence-corrected chi connectivity index (χ3v) is 7.14. The van der Waals surface area contributed by atoms with E-state index in [-0.39, 0.29) is 11.6 Å². The predicted molar refractivity (Wildman–Crippen MR) is 157 cm³/mol. The van der Waals surface area contributed by atoms with E-state index >= 15 is 0 Å². The second-order valence-corrected chi connectivity index (χ2v) is 9.99. The standard InChI is InChI=1S/C30H35N7O4/c1-6-10-26-25(28(38)36(19(4)18(3)34-40-7-2)29-31-20(5)33-37(26)29)17-21-13-15-22(16-14-21)23-11-8-9-12-24(23)27-32-30(39)41-35-27/h8-9,11-16,19,30,39H,6-7,10,17H2,1-5H3,(H,32,35)/b34-18+. The Kier molecular flexibility index (Phi) is 8.27. The summed E-state index contributed by atoms with van der Waals surface area (Å²) in [7, 11) is 0. The zero-order valence-corrected chi connectivity index (χ0v) is 24.0. The summed E-state index contributed by atoms with van der Waals surface area (Å²) >= 11 is 0. The zero-order chi connectivity index (χ0) is 29.1. The van der Waals surface area contributed by atoms with Crippen LogP contribution in [0.25, 0.3) is 16.9 Å². The normalized spacial score (nSPS) is 16.1. The first kappa shape index (κ1) is 28.2. The number of amidine groups is 1. The molecule has 1 aliphatic rings. The third-order valence-electron chi connectivity index (χ3n) is 7.14. The van der Waals surface area contributed by atoms with Crippen LogP contribution in [-0.4, -0.2) is 48.8 Å². The molecular formula is C30H35N7O4. The summed E-state index contributed by atoms with van der Waals surface area (Å²) in [6.07, 6.45) is 0.759. The minimum Gasteiger partial charge on any atom is -0.396 e. The summed E-state index contributed by atoms with van der Waals surface area (Å²) in [4.78, 5) is 33.1. The van der Waals surface area contributed by atoms with Crippen molar-refractivity contribution in [1.82, 2.24) is 24.6 Å². The fourth-order valence-electron chi connectivity index (χ4n) is 5.02. The van der Waals surface area contributed by atoms with Crippen LogP contribution in [0.1, 0.15) is 68.4 Å². The van der Waals surface area contributed by atoms with Crippen LogP contribution in [0.3, 0.4) is 0 Å². The first-order chi connectivity index (χ1) is 19.8. The highest BCUT2D eigenvalue weighted by Crippen LogP contribution is 2.26. The molecule has 4 aromatic rings. The van der Waals surface area contributed by atoms with Gasteiger partial charge in [0.2, 0.25) is 5.78 Å². The number of nitrogens with zero attached hydrogens (tertiary/aromatic N) is 6. The Morgan fingerprint density at radius 2 is 1.90 bits per heavy atom. The van der Waals surface area contributed by atoms with Crippen molar-refractivity contribution in [3.8, 4) is 11.1 Å². The molecule has 3 heterocycles. The van der Waals surface area contributed by atoms with Gasteiger partial charge in [-0.2, -0.15) is 10.1 Å². The van der Waals surface area contributed by atoms with E-state index in [4.69, 9.17) is 9.68 Å². The number of hydroxylamine groups is 1. The minimum absolute atomic E-state index is 0.106. The van der Waals surface area contributed by atoms with Gasteiger partial charge in [-0.15, -0.1) is 0 Å². The molecule has 2 N–H and O–H groups in total. The van der Waals surface area contributed by atoms with E-state index in [2.05, 4.69) is 32.6 Å². The monoisotopic (exact) mass is 557 g/mol. The molecule has 0 saturated heterocycles. The van der Waals surface area contributed by atoms with E-state index in [1.165, 1.54) is 0 Å². The number of aryl methyl sites for hydroxylation is 2. The van der Waals surface area contributed by atoms with Crippen LogP contribution in [0.5, 0.6) is 0 Å². The van der Waals surface area contributed by atoms with Crippen molar-refractivity contribution in [2.75, 3.05) is 6.61 Å². The molecule has 11 nitrogen and oxygen atoms in total. The third kappa shape index (κ3) is 5.63. The van der Waals surface area contributed by atoms with E-state index in [1.807, 2.05) is 80.7 Å². The molecule has 0 fully saturated rings. The Morgan fingerprint density at radius 1 is 1.17 bits per heavy atom. The molecular weight excluding hydrogens is 522 g/mol. The Morgan fingerprint density at radius 3 is 2.56 bits per heavy atom. The Balaban J connectivity index is 1.56. The van der Waals surface area contributed by atoms with Crippen LogP contribution in [0.15, 0.2) is 63.5 Å². The molecule has 2 aromatic carbocycles. The summed E-state index contributed by atoms with van der Waals surface area (Å²) < 4.78 is 3.49. The number of aliphatic imine (C=N–C) groups is 1. The number of aliphatic hydroxyl groups is 1. The zero-order valence-electron chi connectivity index (χ0n) is 24.0. The summed E-state index contributed by atoms with van der Waals surface area (Å²) in [5, 5.41) is 18.5. The summed E-state index contributed by atoms with van der Waals surface area (Å²) in [5.74, 6) is 1.57. The highest BCUT2D eigenvalue weighted by molar-refractivity contribution is 6.04. The Bertz CT molecular complexity index is 1670. The van der Waals surface area contributed by atoms with Crippen molar-refractivity contribution in [2.24, 2.45) is 10.1 Å². The average molecular weight is 558 g/mol. The number of aromatic nitrogens is 4. The van der Waals surface area contributed by atoms with Gasteiger partial charge in [0.1, 0.15) is 12.4 Å². The molecule has 0 saturated carbocycles. The van der Waals surface area contributed by atoms with E-state index in [9.17, 15) is 9.90 Å². The summed E-state index contributed by atoms with van der Waals surface area (Å²) in [6.45, 7) is 10.0. The first-order valence-electron chi connectivity index (χ1n) is 13.8. The van der Waals surface area contributed by atoms with Crippen LogP contribution in [0.2, 0.25) is 0 Å². The predicted octanol–water partition coefficient (Wildman–Crippen LogP) is 3.94. The van der Waals surface area contributed by atoms with Gasteiger partial charge < -0.3 is 9.94 Å². The topological polar surface area (TPSA) is 128 Å². The molecule has 11 heteroatoms. The van der Waals surface area contributed by atoms with Gasteiger partial charge in [0, 0.05) is 17.5 Å². The number of hydrogen-bond donors (Lipinski definition) is 2. The van der Waals surface area contributed by atoms with Crippen molar-refractivity contribution in [3.05, 3.63) is 87.1 Å². The van der Waals surface area contributed by atoms with Gasteiger partial charge in [-0.25, -0.2) is 19.8 Å². The van der Waals surface area contributed by atoms with Gasteiger partial charge in [0.25, 0.3) is 12.0 Å². The van der Waals surface area contributed by atoms with Gasteiger partial charge in [0.15, 0.2) is 5.84 Å². The number of aliphatic hydroxyl groups excluding tert-OH is 1. The number of fused-ring (bicyclic) bond motifs is 1. The number of benzene rings is 2. The largest absolute Gasteiger partial charge is 0.396 e.